The lowest BCUT2D eigenvalue weighted by Crippen LogP contribution is -2.43. The highest BCUT2D eigenvalue weighted by atomic mass is 35.5. The molecule has 124 valence electrons. The molecule has 2 rings (SSSR count). The largest absolute Gasteiger partial charge is 0.396 e. The number of nitrogens with two attached hydrogens (primary N) is 1. The van der Waals surface area contributed by atoms with Crippen molar-refractivity contribution < 1.29 is 18.0 Å². The van der Waals surface area contributed by atoms with Crippen molar-refractivity contribution in [2.45, 2.75) is 37.4 Å². The second kappa shape index (κ2) is 7.83. The van der Waals surface area contributed by atoms with Crippen LogP contribution in [0.25, 0.3) is 0 Å². The number of likely N-dealkylation sites (tertiary alicyclic amines) is 1. The summed E-state index contributed by atoms with van der Waals surface area (Å²) >= 11 is 0. The van der Waals surface area contributed by atoms with Gasteiger partial charge in [0.1, 0.15) is 0 Å². The number of nitrogens with zero attached hydrogens (tertiary/aromatic N) is 1. The summed E-state index contributed by atoms with van der Waals surface area (Å²) in [6.45, 7) is 0.888. The molecule has 1 aromatic carbocycles. The van der Waals surface area contributed by atoms with E-state index in [-0.39, 0.29) is 24.0 Å². The number of carbonyl (C=O) groups is 1. The van der Waals surface area contributed by atoms with Crippen LogP contribution in [-0.2, 0) is 4.79 Å². The summed E-state index contributed by atoms with van der Waals surface area (Å²) in [5, 5.41) is 0. The molecule has 2 N–H and O–H groups in total. The average Bonchev–Trinajstić information content (AvgIpc) is 2.45. The maximum Gasteiger partial charge on any atom is 0.396 e. The Morgan fingerprint density at radius 1 is 1.23 bits per heavy atom. The van der Waals surface area contributed by atoms with Crippen LogP contribution in [0.2, 0.25) is 0 Å². The Morgan fingerprint density at radius 3 is 2.27 bits per heavy atom. The molecule has 0 spiro atoms. The molecule has 0 bridgehead atoms. The zero-order valence-electron chi connectivity index (χ0n) is 12.1. The van der Waals surface area contributed by atoms with Gasteiger partial charge in [-0.1, -0.05) is 30.3 Å². The van der Waals surface area contributed by atoms with E-state index in [4.69, 9.17) is 5.73 Å². The van der Waals surface area contributed by atoms with E-state index in [1.165, 1.54) is 17.0 Å². The predicted octanol–water partition coefficient (Wildman–Crippen LogP) is 3.09. The number of hydrogen-bond acceptors (Lipinski definition) is 2. The fraction of sp³-hybridized carbons (Fsp3) is 0.533. The average molecular weight is 337 g/mol. The number of hydrogen-bond donors (Lipinski definition) is 1. The quantitative estimate of drug-likeness (QED) is 0.922. The van der Waals surface area contributed by atoms with E-state index in [2.05, 4.69) is 0 Å². The maximum absolute atomic E-state index is 13.2. The Balaban J connectivity index is 0.00000242. The third-order valence-electron chi connectivity index (χ3n) is 3.87. The first-order chi connectivity index (χ1) is 9.88. The Bertz CT molecular complexity index is 473. The number of rotatable bonds is 3. The number of alkyl halides is 3. The Morgan fingerprint density at radius 2 is 1.77 bits per heavy atom. The first-order valence-electron chi connectivity index (χ1n) is 7.03. The van der Waals surface area contributed by atoms with Crippen molar-refractivity contribution >= 4 is 18.3 Å². The van der Waals surface area contributed by atoms with E-state index >= 15 is 0 Å². The zero-order valence-corrected chi connectivity index (χ0v) is 12.9. The van der Waals surface area contributed by atoms with Gasteiger partial charge in [-0.15, -0.1) is 12.4 Å². The molecular weight excluding hydrogens is 317 g/mol. The number of carbonyl (C=O) groups excluding carboxylic acids is 1. The third kappa shape index (κ3) is 4.88. The summed E-state index contributed by atoms with van der Waals surface area (Å²) in [4.78, 5) is 13.6. The molecule has 7 heteroatoms. The molecule has 0 aromatic heterocycles. The summed E-state index contributed by atoms with van der Waals surface area (Å²) in [6.07, 6.45) is -3.67. The number of piperidine rings is 1. The molecule has 1 aromatic rings. The number of benzene rings is 1. The molecular formula is C15H20ClF3N2O. The standard InChI is InChI=1S/C15H19F3N2O.ClH/c16-15(17,18)13(11-4-2-1-3-5-11)10-14(21)20-8-6-12(19)7-9-20;/h1-5,12-13H,6-10,19H2;1H. The van der Waals surface area contributed by atoms with Crippen LogP contribution in [-0.4, -0.2) is 36.1 Å². The van der Waals surface area contributed by atoms with Crippen LogP contribution in [0.5, 0.6) is 0 Å². The fourth-order valence-corrected chi connectivity index (χ4v) is 2.56. The normalized spacial score (nSPS) is 17.7. The molecule has 0 radical (unpaired) electrons. The van der Waals surface area contributed by atoms with E-state index in [1.807, 2.05) is 0 Å². The highest BCUT2D eigenvalue weighted by molar-refractivity contribution is 5.85. The minimum Gasteiger partial charge on any atom is -0.343 e. The van der Waals surface area contributed by atoms with Crippen LogP contribution in [0.1, 0.15) is 30.7 Å². The van der Waals surface area contributed by atoms with Gasteiger partial charge in [-0.25, -0.2) is 0 Å². The highest BCUT2D eigenvalue weighted by Gasteiger charge is 2.42. The lowest BCUT2D eigenvalue weighted by atomic mass is 9.94. The van der Waals surface area contributed by atoms with Crippen LogP contribution in [0.3, 0.4) is 0 Å². The first-order valence-corrected chi connectivity index (χ1v) is 7.03. The second-order valence-corrected chi connectivity index (χ2v) is 5.43. The monoisotopic (exact) mass is 336 g/mol. The Labute approximate surface area is 134 Å². The minimum atomic E-state index is -4.43. The van der Waals surface area contributed by atoms with E-state index in [1.54, 1.807) is 18.2 Å². The van der Waals surface area contributed by atoms with Gasteiger partial charge in [0, 0.05) is 25.6 Å². The maximum atomic E-state index is 13.2. The van der Waals surface area contributed by atoms with Gasteiger partial charge in [-0.2, -0.15) is 13.2 Å². The SMILES string of the molecule is Cl.NC1CCN(C(=O)CC(c2ccccc2)C(F)(F)F)CC1. The molecule has 3 nitrogen and oxygen atoms in total. The zero-order chi connectivity index (χ0) is 15.5. The van der Waals surface area contributed by atoms with Gasteiger partial charge in [0.2, 0.25) is 5.91 Å². The van der Waals surface area contributed by atoms with Crippen molar-refractivity contribution in [1.82, 2.24) is 4.90 Å². The van der Waals surface area contributed by atoms with Crippen molar-refractivity contribution in [2.75, 3.05) is 13.1 Å². The lowest BCUT2D eigenvalue weighted by molar-refractivity contribution is -0.161. The summed E-state index contributed by atoms with van der Waals surface area (Å²) in [7, 11) is 0. The minimum absolute atomic E-state index is 0. The summed E-state index contributed by atoms with van der Waals surface area (Å²) in [5.41, 5.74) is 5.87. The van der Waals surface area contributed by atoms with Crippen molar-refractivity contribution in [2.24, 2.45) is 5.73 Å². The van der Waals surface area contributed by atoms with E-state index in [0.717, 1.165) is 0 Å². The smallest absolute Gasteiger partial charge is 0.343 e. The Kier molecular flexibility index (Phi) is 6.68. The van der Waals surface area contributed by atoms with Crippen LogP contribution in [0, 0.1) is 0 Å². The van der Waals surface area contributed by atoms with Crippen molar-refractivity contribution in [1.29, 1.82) is 0 Å². The molecule has 0 saturated carbocycles. The van der Waals surface area contributed by atoms with Crippen molar-refractivity contribution in [3.63, 3.8) is 0 Å². The van der Waals surface area contributed by atoms with Crippen LogP contribution in [0.4, 0.5) is 13.2 Å². The highest BCUT2D eigenvalue weighted by Crippen LogP contribution is 2.37. The molecule has 1 amide bonds. The number of halogens is 4. The van der Waals surface area contributed by atoms with Crippen LogP contribution >= 0.6 is 12.4 Å². The van der Waals surface area contributed by atoms with Gasteiger partial charge in [0.05, 0.1) is 5.92 Å². The molecule has 1 unspecified atom stereocenters. The molecule has 1 aliphatic heterocycles. The Hall–Kier alpha value is -1.27. The molecule has 22 heavy (non-hydrogen) atoms. The van der Waals surface area contributed by atoms with Gasteiger partial charge >= 0.3 is 6.18 Å². The number of amides is 1. The van der Waals surface area contributed by atoms with E-state index < -0.39 is 24.4 Å². The third-order valence-corrected chi connectivity index (χ3v) is 3.87. The van der Waals surface area contributed by atoms with Gasteiger partial charge in [-0.05, 0) is 18.4 Å². The topological polar surface area (TPSA) is 46.3 Å². The fourth-order valence-electron chi connectivity index (χ4n) is 2.56. The molecule has 1 saturated heterocycles. The van der Waals surface area contributed by atoms with Gasteiger partial charge in [0.15, 0.2) is 0 Å². The predicted molar refractivity (Wildman–Crippen MR) is 80.9 cm³/mol. The van der Waals surface area contributed by atoms with Crippen molar-refractivity contribution in [3.8, 4) is 0 Å². The summed E-state index contributed by atoms with van der Waals surface area (Å²) in [6, 6.07) is 7.64. The summed E-state index contributed by atoms with van der Waals surface area (Å²) in [5.74, 6) is -2.20. The molecule has 1 heterocycles. The first kappa shape index (κ1) is 18.8. The van der Waals surface area contributed by atoms with Gasteiger partial charge in [0.25, 0.3) is 0 Å². The molecule has 0 aliphatic carbocycles. The van der Waals surface area contributed by atoms with Crippen LogP contribution < -0.4 is 5.73 Å². The second-order valence-electron chi connectivity index (χ2n) is 5.43. The van der Waals surface area contributed by atoms with Crippen LogP contribution in [0.15, 0.2) is 30.3 Å². The molecule has 1 atom stereocenters. The molecule has 1 fully saturated rings. The van der Waals surface area contributed by atoms with Crippen molar-refractivity contribution in [3.05, 3.63) is 35.9 Å². The van der Waals surface area contributed by atoms with Gasteiger partial charge < -0.3 is 10.6 Å². The van der Waals surface area contributed by atoms with E-state index in [0.29, 0.717) is 25.9 Å². The summed E-state index contributed by atoms with van der Waals surface area (Å²) < 4.78 is 39.6. The lowest BCUT2D eigenvalue weighted by Gasteiger charge is -2.31. The van der Waals surface area contributed by atoms with Gasteiger partial charge in [-0.3, -0.25) is 4.79 Å². The molecule has 1 aliphatic rings. The van der Waals surface area contributed by atoms with E-state index in [9.17, 15) is 18.0 Å².